The molecule has 7 nitrogen and oxygen atoms in total. The van der Waals surface area contributed by atoms with Crippen molar-refractivity contribution in [1.82, 2.24) is 19.7 Å². The lowest BCUT2D eigenvalue weighted by molar-refractivity contribution is 0.271. The Morgan fingerprint density at radius 2 is 1.79 bits per heavy atom. The molecule has 2 heterocycles. The van der Waals surface area contributed by atoms with Gasteiger partial charge < -0.3 is 10.5 Å². The van der Waals surface area contributed by atoms with Crippen molar-refractivity contribution in [3.8, 4) is 28.3 Å². The number of nitrogens with two attached hydrogens (primary N) is 1. The molecule has 146 valence electrons. The van der Waals surface area contributed by atoms with Crippen LogP contribution in [0.5, 0.6) is 5.75 Å². The third kappa shape index (κ3) is 4.36. The van der Waals surface area contributed by atoms with Crippen LogP contribution in [0.4, 0.5) is 5.95 Å². The highest BCUT2D eigenvalue weighted by molar-refractivity contribution is 5.79. The quantitative estimate of drug-likeness (QED) is 0.703. The average molecular weight is 379 g/mol. The van der Waals surface area contributed by atoms with Crippen molar-refractivity contribution in [2.24, 2.45) is 5.92 Å². The van der Waals surface area contributed by atoms with Crippen molar-refractivity contribution < 1.29 is 4.74 Å². The van der Waals surface area contributed by atoms with Crippen LogP contribution in [-0.4, -0.2) is 26.4 Å². The zero-order valence-electron chi connectivity index (χ0n) is 16.6. The van der Waals surface area contributed by atoms with Gasteiger partial charge in [0.05, 0.1) is 24.0 Å². The topological polar surface area (TPSA) is 95.9 Å². The van der Waals surface area contributed by atoms with Gasteiger partial charge in [0.1, 0.15) is 5.75 Å². The Balaban J connectivity index is 2.02. The molecule has 1 aromatic carbocycles. The van der Waals surface area contributed by atoms with E-state index in [1.807, 2.05) is 38.1 Å². The van der Waals surface area contributed by atoms with E-state index < -0.39 is 0 Å². The van der Waals surface area contributed by atoms with Crippen LogP contribution >= 0.6 is 0 Å². The molecule has 2 aromatic heterocycles. The maximum absolute atomic E-state index is 12.0. The van der Waals surface area contributed by atoms with E-state index in [2.05, 4.69) is 28.9 Å². The molecule has 0 unspecified atom stereocenters. The van der Waals surface area contributed by atoms with Crippen LogP contribution in [0.3, 0.4) is 0 Å². The minimum absolute atomic E-state index is 0.0528. The number of aromatic nitrogens is 4. The van der Waals surface area contributed by atoms with E-state index in [9.17, 15) is 4.79 Å². The SMILES string of the molecule is CC(C)COc1ccc(-c2nc(N)ncc2-c2ccc(=O)n(C(C)C)n2)cc1. The summed E-state index contributed by atoms with van der Waals surface area (Å²) in [5.41, 5.74) is 8.53. The molecule has 0 amide bonds. The van der Waals surface area contributed by atoms with Crippen LogP contribution in [0, 0.1) is 5.92 Å². The van der Waals surface area contributed by atoms with Crippen molar-refractivity contribution >= 4 is 5.95 Å². The van der Waals surface area contributed by atoms with Crippen molar-refractivity contribution in [2.75, 3.05) is 12.3 Å². The van der Waals surface area contributed by atoms with Crippen LogP contribution in [0.2, 0.25) is 0 Å². The number of ether oxygens (including phenoxy) is 1. The average Bonchev–Trinajstić information content (AvgIpc) is 2.67. The number of anilines is 1. The Labute approximate surface area is 164 Å². The summed E-state index contributed by atoms with van der Waals surface area (Å²) in [5.74, 6) is 1.43. The lowest BCUT2D eigenvalue weighted by Gasteiger charge is -2.13. The van der Waals surface area contributed by atoms with Crippen LogP contribution < -0.4 is 16.0 Å². The second kappa shape index (κ2) is 8.21. The summed E-state index contributed by atoms with van der Waals surface area (Å²) in [6.07, 6.45) is 1.64. The van der Waals surface area contributed by atoms with E-state index >= 15 is 0 Å². The van der Waals surface area contributed by atoms with Crippen molar-refractivity contribution in [3.05, 3.63) is 52.9 Å². The van der Waals surface area contributed by atoms with E-state index in [0.717, 1.165) is 11.3 Å². The Kier molecular flexibility index (Phi) is 5.73. The third-order valence-electron chi connectivity index (χ3n) is 4.11. The second-order valence-electron chi connectivity index (χ2n) is 7.31. The van der Waals surface area contributed by atoms with Gasteiger partial charge in [-0.2, -0.15) is 5.10 Å². The van der Waals surface area contributed by atoms with Gasteiger partial charge in [0, 0.05) is 23.4 Å². The summed E-state index contributed by atoms with van der Waals surface area (Å²) >= 11 is 0. The molecule has 3 aromatic rings. The fraction of sp³-hybridized carbons (Fsp3) is 0.333. The highest BCUT2D eigenvalue weighted by Gasteiger charge is 2.14. The molecule has 7 heteroatoms. The van der Waals surface area contributed by atoms with Crippen LogP contribution in [0.15, 0.2) is 47.4 Å². The Hall–Kier alpha value is -3.22. The molecule has 0 aliphatic rings. The van der Waals surface area contributed by atoms with Gasteiger partial charge in [-0.05, 0) is 50.1 Å². The zero-order chi connectivity index (χ0) is 20.3. The first-order chi connectivity index (χ1) is 13.3. The summed E-state index contributed by atoms with van der Waals surface area (Å²) in [7, 11) is 0. The summed E-state index contributed by atoms with van der Waals surface area (Å²) in [4.78, 5) is 20.6. The molecule has 0 aliphatic heterocycles. The van der Waals surface area contributed by atoms with Gasteiger partial charge in [0.15, 0.2) is 0 Å². The maximum atomic E-state index is 12.0. The van der Waals surface area contributed by atoms with Gasteiger partial charge in [-0.1, -0.05) is 13.8 Å². The van der Waals surface area contributed by atoms with Gasteiger partial charge in [-0.3, -0.25) is 4.79 Å². The molecule has 3 rings (SSSR count). The number of nitrogen functional groups attached to an aromatic ring is 1. The fourth-order valence-electron chi connectivity index (χ4n) is 2.71. The van der Waals surface area contributed by atoms with Gasteiger partial charge in [0.2, 0.25) is 5.95 Å². The fourth-order valence-corrected chi connectivity index (χ4v) is 2.71. The molecular weight excluding hydrogens is 354 g/mol. The molecule has 0 bridgehead atoms. The molecule has 0 saturated heterocycles. The summed E-state index contributed by atoms with van der Waals surface area (Å²) in [6.45, 7) is 8.69. The van der Waals surface area contributed by atoms with Gasteiger partial charge in [-0.15, -0.1) is 0 Å². The first-order valence-electron chi connectivity index (χ1n) is 9.31. The van der Waals surface area contributed by atoms with Gasteiger partial charge in [-0.25, -0.2) is 14.6 Å². The Bertz CT molecular complexity index is 1010. The van der Waals surface area contributed by atoms with Crippen LogP contribution in [0.1, 0.15) is 33.7 Å². The monoisotopic (exact) mass is 379 g/mol. The predicted molar refractivity (Wildman–Crippen MR) is 110 cm³/mol. The predicted octanol–water partition coefficient (Wildman–Crippen LogP) is 3.57. The minimum Gasteiger partial charge on any atom is -0.493 e. The lowest BCUT2D eigenvalue weighted by atomic mass is 10.0. The van der Waals surface area contributed by atoms with Gasteiger partial charge in [0.25, 0.3) is 5.56 Å². The molecule has 28 heavy (non-hydrogen) atoms. The molecular formula is C21H25N5O2. The zero-order valence-corrected chi connectivity index (χ0v) is 16.6. The number of hydrogen-bond acceptors (Lipinski definition) is 6. The van der Waals surface area contributed by atoms with Crippen LogP contribution in [0.25, 0.3) is 22.5 Å². The van der Waals surface area contributed by atoms with E-state index in [4.69, 9.17) is 10.5 Å². The van der Waals surface area contributed by atoms with Crippen molar-refractivity contribution in [2.45, 2.75) is 33.7 Å². The Morgan fingerprint density at radius 1 is 1.07 bits per heavy atom. The first kappa shape index (κ1) is 19.5. The van der Waals surface area contributed by atoms with E-state index in [1.54, 1.807) is 12.3 Å². The van der Waals surface area contributed by atoms with E-state index in [0.29, 0.717) is 29.5 Å². The summed E-state index contributed by atoms with van der Waals surface area (Å²) < 4.78 is 7.19. The second-order valence-corrected chi connectivity index (χ2v) is 7.31. The highest BCUT2D eigenvalue weighted by atomic mass is 16.5. The molecule has 0 radical (unpaired) electrons. The standard InChI is InChI=1S/C21H25N5O2/c1-13(2)12-28-16-7-5-15(6-8-16)20-17(11-23-21(22)24-20)18-9-10-19(27)26(25-18)14(3)4/h5-11,13-14H,12H2,1-4H3,(H2,22,23,24). The molecule has 0 saturated carbocycles. The first-order valence-corrected chi connectivity index (χ1v) is 9.31. The Morgan fingerprint density at radius 3 is 2.43 bits per heavy atom. The molecule has 0 atom stereocenters. The molecule has 0 fully saturated rings. The third-order valence-corrected chi connectivity index (χ3v) is 4.11. The summed E-state index contributed by atoms with van der Waals surface area (Å²) in [5, 5.41) is 4.48. The van der Waals surface area contributed by atoms with Crippen molar-refractivity contribution in [3.63, 3.8) is 0 Å². The number of hydrogen-bond donors (Lipinski definition) is 1. The summed E-state index contributed by atoms with van der Waals surface area (Å²) in [6, 6.07) is 10.8. The highest BCUT2D eigenvalue weighted by Crippen LogP contribution is 2.30. The van der Waals surface area contributed by atoms with Crippen molar-refractivity contribution in [1.29, 1.82) is 0 Å². The minimum atomic E-state index is -0.150. The van der Waals surface area contributed by atoms with E-state index in [1.165, 1.54) is 10.7 Å². The molecule has 0 spiro atoms. The molecule has 2 N–H and O–H groups in total. The number of nitrogens with zero attached hydrogens (tertiary/aromatic N) is 4. The van der Waals surface area contributed by atoms with Crippen LogP contribution in [-0.2, 0) is 0 Å². The maximum Gasteiger partial charge on any atom is 0.267 e. The number of benzene rings is 1. The molecule has 0 aliphatic carbocycles. The normalized spacial score (nSPS) is 11.2. The van der Waals surface area contributed by atoms with E-state index in [-0.39, 0.29) is 17.5 Å². The van der Waals surface area contributed by atoms with Gasteiger partial charge >= 0.3 is 0 Å². The smallest absolute Gasteiger partial charge is 0.267 e. The lowest BCUT2D eigenvalue weighted by Crippen LogP contribution is -2.24. The largest absolute Gasteiger partial charge is 0.493 e. The number of rotatable bonds is 6.